The van der Waals surface area contributed by atoms with E-state index in [-0.39, 0.29) is 25.4 Å². The van der Waals surface area contributed by atoms with E-state index in [0.717, 1.165) is 5.56 Å². The molecule has 2 nitrogen and oxygen atoms in total. The third-order valence-corrected chi connectivity index (χ3v) is 3.81. The Morgan fingerprint density at radius 2 is 1.94 bits per heavy atom. The monoisotopic (exact) mass is 260 g/mol. The highest BCUT2D eigenvalue weighted by atomic mass is 32.2. The smallest absolute Gasteiger partial charge is 0.248 e. The predicted octanol–water partition coefficient (Wildman–Crippen LogP) is 3.08. The fraction of sp³-hybridized carbons (Fsp3) is 0.500. The lowest BCUT2D eigenvalue weighted by atomic mass is 9.82. The molecule has 1 saturated carbocycles. The second kappa shape index (κ2) is 4.82. The van der Waals surface area contributed by atoms with Crippen LogP contribution < -0.4 is 0 Å². The van der Waals surface area contributed by atoms with Gasteiger partial charge in [0, 0.05) is 12.8 Å². The van der Waals surface area contributed by atoms with Gasteiger partial charge in [-0.3, -0.25) is 4.18 Å². The summed E-state index contributed by atoms with van der Waals surface area (Å²) < 4.78 is 41.9. The minimum absolute atomic E-state index is 0.135. The number of hydrogen-bond donors (Lipinski definition) is 0. The molecule has 1 aromatic carbocycles. The highest BCUT2D eigenvalue weighted by Gasteiger charge is 2.45. The molecule has 0 bridgehead atoms. The Morgan fingerprint density at radius 3 is 2.47 bits per heavy atom. The van der Waals surface area contributed by atoms with Crippen LogP contribution in [0.2, 0.25) is 0 Å². The van der Waals surface area contributed by atoms with E-state index in [1.54, 1.807) is 12.1 Å². The lowest BCUT2D eigenvalue weighted by Crippen LogP contribution is -2.37. The molecule has 0 amide bonds. The maximum Gasteiger partial charge on any atom is 0.248 e. The molecule has 1 unspecified atom stereocenters. The zero-order valence-corrected chi connectivity index (χ0v) is 10.3. The fourth-order valence-electron chi connectivity index (χ4n) is 1.78. The lowest BCUT2D eigenvalue weighted by Gasteiger charge is -2.34. The van der Waals surface area contributed by atoms with Crippen molar-refractivity contribution in [1.29, 1.82) is 0 Å². The molecule has 2 rings (SSSR count). The Bertz CT molecular complexity index is 409. The first-order chi connectivity index (χ1) is 7.96. The summed E-state index contributed by atoms with van der Waals surface area (Å²) in [5, 5.41) is 0. The Morgan fingerprint density at radius 1 is 1.35 bits per heavy atom. The van der Waals surface area contributed by atoms with Crippen LogP contribution in [0.15, 0.2) is 29.2 Å². The van der Waals surface area contributed by atoms with Crippen molar-refractivity contribution in [2.75, 3.05) is 6.61 Å². The molecule has 1 fully saturated rings. The first-order valence-corrected chi connectivity index (χ1v) is 6.53. The van der Waals surface area contributed by atoms with Crippen molar-refractivity contribution in [2.45, 2.75) is 30.6 Å². The molecular weight excluding hydrogens is 246 g/mol. The van der Waals surface area contributed by atoms with Crippen LogP contribution in [0.4, 0.5) is 8.78 Å². The maximum absolute atomic E-state index is 12.5. The fourth-order valence-corrected chi connectivity index (χ4v) is 2.59. The molecule has 0 aliphatic heterocycles. The van der Waals surface area contributed by atoms with Crippen molar-refractivity contribution in [3.05, 3.63) is 29.8 Å². The van der Waals surface area contributed by atoms with Gasteiger partial charge in [0.2, 0.25) is 5.92 Å². The second-order valence-corrected chi connectivity index (χ2v) is 5.64. The van der Waals surface area contributed by atoms with Crippen molar-refractivity contribution in [3.8, 4) is 0 Å². The summed E-state index contributed by atoms with van der Waals surface area (Å²) in [6.07, 6.45) is -0.309. The topological polar surface area (TPSA) is 26.3 Å². The first kappa shape index (κ1) is 12.6. The molecule has 0 saturated heterocycles. The molecule has 0 radical (unpaired) electrons. The summed E-state index contributed by atoms with van der Waals surface area (Å²) in [6.45, 7) is 2.07. The lowest BCUT2D eigenvalue weighted by molar-refractivity contribution is -0.118. The van der Waals surface area contributed by atoms with Crippen LogP contribution in [0.3, 0.4) is 0 Å². The zero-order chi connectivity index (χ0) is 12.5. The van der Waals surface area contributed by atoms with E-state index in [9.17, 15) is 13.0 Å². The molecule has 0 aromatic heterocycles. The predicted molar refractivity (Wildman–Crippen MR) is 61.2 cm³/mol. The molecule has 94 valence electrons. The molecule has 1 aliphatic rings. The third kappa shape index (κ3) is 3.33. The van der Waals surface area contributed by atoms with Gasteiger partial charge in [-0.2, -0.15) is 0 Å². The van der Waals surface area contributed by atoms with Crippen molar-refractivity contribution >= 4 is 11.1 Å². The number of aryl methyl sites for hydroxylation is 1. The first-order valence-electron chi connectivity index (χ1n) is 5.46. The summed E-state index contributed by atoms with van der Waals surface area (Å²) in [6, 6.07) is 7.13. The van der Waals surface area contributed by atoms with Gasteiger partial charge >= 0.3 is 0 Å². The molecule has 1 atom stereocenters. The molecule has 0 spiro atoms. The van der Waals surface area contributed by atoms with Gasteiger partial charge < -0.3 is 0 Å². The minimum Gasteiger partial charge on any atom is -0.286 e. The highest BCUT2D eigenvalue weighted by Crippen LogP contribution is 2.42. The average molecular weight is 260 g/mol. The van der Waals surface area contributed by atoms with E-state index < -0.39 is 17.0 Å². The normalized spacial score (nSPS) is 20.9. The number of rotatable bonds is 4. The zero-order valence-electron chi connectivity index (χ0n) is 9.49. The van der Waals surface area contributed by atoms with Crippen molar-refractivity contribution < 1.29 is 17.2 Å². The van der Waals surface area contributed by atoms with Crippen LogP contribution in [0, 0.1) is 12.8 Å². The van der Waals surface area contributed by atoms with Crippen LogP contribution in [0.1, 0.15) is 18.4 Å². The van der Waals surface area contributed by atoms with Gasteiger partial charge in [-0.25, -0.2) is 13.0 Å². The Hall–Kier alpha value is -0.810. The number of hydrogen-bond acceptors (Lipinski definition) is 2. The van der Waals surface area contributed by atoms with E-state index in [1.165, 1.54) is 0 Å². The summed E-state index contributed by atoms with van der Waals surface area (Å²) in [7, 11) is 0. The van der Waals surface area contributed by atoms with Crippen LogP contribution in [-0.2, 0) is 15.3 Å². The molecular formula is C12H14F2O2S. The van der Waals surface area contributed by atoms with Crippen LogP contribution >= 0.6 is 0 Å². The van der Waals surface area contributed by atoms with Crippen LogP contribution in [-0.4, -0.2) is 16.7 Å². The average Bonchev–Trinajstić information content (AvgIpc) is 2.24. The van der Waals surface area contributed by atoms with Gasteiger partial charge in [-0.1, -0.05) is 17.7 Å². The molecule has 17 heavy (non-hydrogen) atoms. The van der Waals surface area contributed by atoms with E-state index in [4.69, 9.17) is 4.18 Å². The summed E-state index contributed by atoms with van der Waals surface area (Å²) in [5.74, 6) is -2.71. The summed E-state index contributed by atoms with van der Waals surface area (Å²) in [5.41, 5.74) is 1.07. The van der Waals surface area contributed by atoms with E-state index in [2.05, 4.69) is 0 Å². The number of halogens is 2. The largest absolute Gasteiger partial charge is 0.286 e. The number of benzene rings is 1. The molecule has 1 aliphatic carbocycles. The van der Waals surface area contributed by atoms with Gasteiger partial charge in [0.15, 0.2) is 11.1 Å². The van der Waals surface area contributed by atoms with Gasteiger partial charge in [-0.05, 0) is 25.0 Å². The second-order valence-electron chi connectivity index (χ2n) is 4.46. The Kier molecular flexibility index (Phi) is 3.58. The molecule has 1 aromatic rings. The van der Waals surface area contributed by atoms with Gasteiger partial charge in [0.1, 0.15) is 0 Å². The molecule has 0 N–H and O–H groups in total. The number of alkyl halides is 2. The minimum atomic E-state index is -2.54. The summed E-state index contributed by atoms with van der Waals surface area (Å²) in [4.78, 5) is 0.571. The van der Waals surface area contributed by atoms with Crippen LogP contribution in [0.5, 0.6) is 0 Å². The van der Waals surface area contributed by atoms with E-state index in [1.807, 2.05) is 19.1 Å². The van der Waals surface area contributed by atoms with E-state index in [0.29, 0.717) is 4.90 Å². The molecule has 5 heteroatoms. The quantitative estimate of drug-likeness (QED) is 0.831. The Balaban J connectivity index is 1.80. The standard InChI is InChI=1S/C12H14F2O2S/c1-9-2-4-11(5-3-9)17(15)16-8-10-6-12(13,14)7-10/h2-5,10H,6-8H2,1H3. The van der Waals surface area contributed by atoms with Gasteiger partial charge in [0.25, 0.3) is 0 Å². The van der Waals surface area contributed by atoms with Gasteiger partial charge in [-0.15, -0.1) is 0 Å². The van der Waals surface area contributed by atoms with Gasteiger partial charge in [0.05, 0.1) is 11.5 Å². The van der Waals surface area contributed by atoms with Crippen molar-refractivity contribution in [2.24, 2.45) is 5.92 Å². The summed E-state index contributed by atoms with van der Waals surface area (Å²) >= 11 is -1.55. The Labute approximate surface area is 102 Å². The highest BCUT2D eigenvalue weighted by molar-refractivity contribution is 7.80. The van der Waals surface area contributed by atoms with E-state index >= 15 is 0 Å². The van der Waals surface area contributed by atoms with Crippen LogP contribution in [0.25, 0.3) is 0 Å². The van der Waals surface area contributed by atoms with Crippen molar-refractivity contribution in [1.82, 2.24) is 0 Å². The molecule has 0 heterocycles. The van der Waals surface area contributed by atoms with Crippen molar-refractivity contribution in [3.63, 3.8) is 0 Å². The maximum atomic E-state index is 12.5. The SMILES string of the molecule is Cc1ccc(S(=O)OCC2CC(F)(F)C2)cc1. The third-order valence-electron chi connectivity index (χ3n) is 2.80.